The Morgan fingerprint density at radius 2 is 1.90 bits per heavy atom. The molecule has 118 valence electrons. The molecule has 0 amide bonds. The summed E-state index contributed by atoms with van der Waals surface area (Å²) in [4.78, 5) is 0. The van der Waals surface area contributed by atoms with Crippen molar-refractivity contribution in [3.8, 4) is 0 Å². The van der Waals surface area contributed by atoms with E-state index < -0.39 is 0 Å². The Hall–Kier alpha value is -0.820. The van der Waals surface area contributed by atoms with Gasteiger partial charge < -0.3 is 5.32 Å². The molecular formula is C20H33N. The lowest BCUT2D eigenvalue weighted by molar-refractivity contribution is 0.172. The smallest absolute Gasteiger partial charge is 0.00179 e. The van der Waals surface area contributed by atoms with E-state index in [2.05, 4.69) is 51.2 Å². The fourth-order valence-corrected chi connectivity index (χ4v) is 3.95. The van der Waals surface area contributed by atoms with Crippen LogP contribution in [0, 0.1) is 31.6 Å². The minimum atomic E-state index is 0.864. The maximum Gasteiger partial charge on any atom is -0.00179 e. The van der Waals surface area contributed by atoms with E-state index in [0.29, 0.717) is 0 Å². The summed E-state index contributed by atoms with van der Waals surface area (Å²) in [5.74, 6) is 2.69. The first-order chi connectivity index (χ1) is 10.1. The van der Waals surface area contributed by atoms with Crippen molar-refractivity contribution >= 4 is 0 Å². The van der Waals surface area contributed by atoms with E-state index in [1.807, 2.05) is 0 Å². The molecule has 0 radical (unpaired) electrons. The van der Waals surface area contributed by atoms with Crippen LogP contribution in [0.25, 0.3) is 0 Å². The van der Waals surface area contributed by atoms with Crippen molar-refractivity contribution in [2.45, 2.75) is 59.8 Å². The second-order valence-corrected chi connectivity index (χ2v) is 7.05. The summed E-state index contributed by atoms with van der Waals surface area (Å²) in [5, 5.41) is 3.59. The third-order valence-electron chi connectivity index (χ3n) is 5.47. The molecule has 1 heteroatoms. The van der Waals surface area contributed by atoms with Gasteiger partial charge in [0, 0.05) is 0 Å². The predicted octanol–water partition coefficient (Wildman–Crippen LogP) is 4.90. The molecule has 1 aromatic rings. The Morgan fingerprint density at radius 3 is 2.62 bits per heavy atom. The van der Waals surface area contributed by atoms with Gasteiger partial charge in [0.2, 0.25) is 0 Å². The Morgan fingerprint density at radius 1 is 1.10 bits per heavy atom. The lowest BCUT2D eigenvalue weighted by Gasteiger charge is -2.36. The molecule has 0 aromatic heterocycles. The van der Waals surface area contributed by atoms with Crippen LogP contribution < -0.4 is 5.32 Å². The summed E-state index contributed by atoms with van der Waals surface area (Å²) >= 11 is 0. The zero-order valence-electron chi connectivity index (χ0n) is 14.4. The van der Waals surface area contributed by atoms with Crippen LogP contribution in [0.2, 0.25) is 0 Å². The number of hydrogen-bond donors (Lipinski definition) is 1. The van der Waals surface area contributed by atoms with E-state index >= 15 is 0 Å². The second kappa shape index (κ2) is 7.98. The van der Waals surface area contributed by atoms with Crippen molar-refractivity contribution in [2.75, 3.05) is 13.1 Å². The summed E-state index contributed by atoms with van der Waals surface area (Å²) in [6, 6.07) is 6.95. The normalized spacial score (nSPS) is 26.0. The minimum Gasteiger partial charge on any atom is -0.317 e. The molecule has 0 aliphatic heterocycles. The highest BCUT2D eigenvalue weighted by atomic mass is 14.8. The Kier molecular flexibility index (Phi) is 6.29. The van der Waals surface area contributed by atoms with Crippen LogP contribution >= 0.6 is 0 Å². The topological polar surface area (TPSA) is 12.0 Å². The van der Waals surface area contributed by atoms with Gasteiger partial charge in [0.15, 0.2) is 0 Å². The molecule has 2 rings (SSSR count). The molecule has 0 heterocycles. The molecule has 1 aromatic carbocycles. The fraction of sp³-hybridized carbons (Fsp3) is 0.700. The van der Waals surface area contributed by atoms with E-state index in [0.717, 1.165) is 24.3 Å². The highest BCUT2D eigenvalue weighted by molar-refractivity contribution is 5.31. The van der Waals surface area contributed by atoms with Gasteiger partial charge in [-0.1, -0.05) is 50.5 Å². The second-order valence-electron chi connectivity index (χ2n) is 7.05. The zero-order chi connectivity index (χ0) is 15.2. The number of hydrogen-bond acceptors (Lipinski definition) is 1. The van der Waals surface area contributed by atoms with Gasteiger partial charge in [-0.3, -0.25) is 0 Å². The van der Waals surface area contributed by atoms with Gasteiger partial charge in [-0.15, -0.1) is 0 Å². The van der Waals surface area contributed by atoms with Crippen molar-refractivity contribution in [1.29, 1.82) is 0 Å². The summed E-state index contributed by atoms with van der Waals surface area (Å²) in [6.07, 6.45) is 6.92. The SMILES string of the molecule is CCNCC1CCC(CC)CC1Cc1cc(C)ccc1C. The molecule has 1 N–H and O–H groups in total. The standard InChI is InChI=1S/C20H33N/c1-5-17-9-10-18(14-21-6-2)20(12-17)13-19-11-15(3)7-8-16(19)4/h7-8,11,17-18,20-21H,5-6,9-10,12-14H2,1-4H3. The molecule has 21 heavy (non-hydrogen) atoms. The van der Waals surface area contributed by atoms with E-state index in [9.17, 15) is 0 Å². The number of rotatable bonds is 6. The van der Waals surface area contributed by atoms with Crippen molar-refractivity contribution in [3.63, 3.8) is 0 Å². The lowest BCUT2D eigenvalue weighted by atomic mass is 9.70. The maximum atomic E-state index is 3.59. The van der Waals surface area contributed by atoms with Gasteiger partial charge in [0.1, 0.15) is 0 Å². The number of aryl methyl sites for hydroxylation is 2. The molecule has 3 unspecified atom stereocenters. The first-order valence-electron chi connectivity index (χ1n) is 8.90. The van der Waals surface area contributed by atoms with Crippen LogP contribution in [0.15, 0.2) is 18.2 Å². The average Bonchev–Trinajstić information content (AvgIpc) is 2.49. The Balaban J connectivity index is 2.09. The highest BCUT2D eigenvalue weighted by Crippen LogP contribution is 2.37. The van der Waals surface area contributed by atoms with Gasteiger partial charge in [0.05, 0.1) is 0 Å². The highest BCUT2D eigenvalue weighted by Gasteiger charge is 2.29. The molecule has 1 fully saturated rings. The summed E-state index contributed by atoms with van der Waals surface area (Å²) < 4.78 is 0. The summed E-state index contributed by atoms with van der Waals surface area (Å²) in [6.45, 7) is 11.4. The summed E-state index contributed by atoms with van der Waals surface area (Å²) in [5.41, 5.74) is 4.46. The fourth-order valence-electron chi connectivity index (χ4n) is 3.95. The molecule has 0 bridgehead atoms. The van der Waals surface area contributed by atoms with Crippen LogP contribution in [0.5, 0.6) is 0 Å². The van der Waals surface area contributed by atoms with Crippen LogP contribution in [-0.4, -0.2) is 13.1 Å². The van der Waals surface area contributed by atoms with Crippen LogP contribution in [0.4, 0.5) is 0 Å². The third-order valence-corrected chi connectivity index (χ3v) is 5.47. The summed E-state index contributed by atoms with van der Waals surface area (Å²) in [7, 11) is 0. The van der Waals surface area contributed by atoms with Gasteiger partial charge in [-0.05, 0) is 75.1 Å². The molecule has 0 saturated heterocycles. The van der Waals surface area contributed by atoms with Crippen LogP contribution in [0.1, 0.15) is 56.2 Å². The zero-order valence-corrected chi connectivity index (χ0v) is 14.4. The Labute approximate surface area is 131 Å². The van der Waals surface area contributed by atoms with E-state index in [1.54, 1.807) is 5.56 Å². The molecule has 1 saturated carbocycles. The first-order valence-corrected chi connectivity index (χ1v) is 8.90. The van der Waals surface area contributed by atoms with E-state index in [-0.39, 0.29) is 0 Å². The van der Waals surface area contributed by atoms with Gasteiger partial charge in [-0.25, -0.2) is 0 Å². The lowest BCUT2D eigenvalue weighted by Crippen LogP contribution is -2.34. The van der Waals surface area contributed by atoms with E-state index in [1.165, 1.54) is 49.8 Å². The first kappa shape index (κ1) is 16.5. The molecule has 1 aliphatic rings. The molecule has 3 atom stereocenters. The molecule has 0 spiro atoms. The Bertz CT molecular complexity index is 437. The monoisotopic (exact) mass is 287 g/mol. The number of benzene rings is 1. The number of nitrogens with one attached hydrogen (secondary N) is 1. The third kappa shape index (κ3) is 4.57. The van der Waals surface area contributed by atoms with Gasteiger partial charge >= 0.3 is 0 Å². The van der Waals surface area contributed by atoms with Gasteiger partial charge in [0.25, 0.3) is 0 Å². The van der Waals surface area contributed by atoms with Crippen molar-refractivity contribution in [1.82, 2.24) is 5.32 Å². The maximum absolute atomic E-state index is 3.59. The van der Waals surface area contributed by atoms with Crippen LogP contribution in [0.3, 0.4) is 0 Å². The largest absolute Gasteiger partial charge is 0.317 e. The molecule has 1 aliphatic carbocycles. The average molecular weight is 287 g/mol. The molecule has 1 nitrogen and oxygen atoms in total. The molecular weight excluding hydrogens is 254 g/mol. The van der Waals surface area contributed by atoms with Crippen molar-refractivity contribution in [2.24, 2.45) is 17.8 Å². The van der Waals surface area contributed by atoms with E-state index in [4.69, 9.17) is 0 Å². The van der Waals surface area contributed by atoms with Crippen LogP contribution in [-0.2, 0) is 6.42 Å². The van der Waals surface area contributed by atoms with Crippen molar-refractivity contribution < 1.29 is 0 Å². The van der Waals surface area contributed by atoms with Gasteiger partial charge in [-0.2, -0.15) is 0 Å². The predicted molar refractivity (Wildman–Crippen MR) is 92.8 cm³/mol. The van der Waals surface area contributed by atoms with Crippen molar-refractivity contribution in [3.05, 3.63) is 34.9 Å². The minimum absolute atomic E-state index is 0.864. The quantitative estimate of drug-likeness (QED) is 0.785.